The van der Waals surface area contributed by atoms with Gasteiger partial charge in [0.2, 0.25) is 0 Å². The van der Waals surface area contributed by atoms with E-state index < -0.39 is 0 Å². The molecule has 0 aromatic heterocycles. The fourth-order valence-corrected chi connectivity index (χ4v) is 12.7. The normalized spacial score (nSPS) is 21.4. The van der Waals surface area contributed by atoms with Gasteiger partial charge in [0.15, 0.2) is 0 Å². The smallest absolute Gasteiger partial charge is 0.399 e. The van der Waals surface area contributed by atoms with Crippen LogP contribution in [0.25, 0.3) is 87.9 Å². The van der Waals surface area contributed by atoms with E-state index in [-0.39, 0.29) is 47.5 Å². The highest BCUT2D eigenvalue weighted by Gasteiger charge is 2.54. The van der Waals surface area contributed by atoms with Crippen molar-refractivity contribution in [2.24, 2.45) is 10.8 Å². The zero-order valence-corrected chi connectivity index (χ0v) is 43.8. The lowest BCUT2D eigenvalue weighted by molar-refractivity contribution is 0.00578. The van der Waals surface area contributed by atoms with E-state index in [1.165, 1.54) is 108 Å². The largest absolute Gasteiger partial charge is 0.494 e. The highest BCUT2D eigenvalue weighted by molar-refractivity contribution is 6.56. The minimum Gasteiger partial charge on any atom is -0.399 e. The average Bonchev–Trinajstić information content (AvgIpc) is 4.03. The van der Waals surface area contributed by atoms with E-state index in [0.717, 1.165) is 10.9 Å². The van der Waals surface area contributed by atoms with Gasteiger partial charge in [-0.1, -0.05) is 149 Å². The Morgan fingerprint density at radius 2 is 0.556 bits per heavy atom. The highest BCUT2D eigenvalue weighted by atomic mass is 16.7. The van der Waals surface area contributed by atoms with Crippen molar-refractivity contribution in [3.05, 3.63) is 189 Å². The molecule has 0 saturated carbocycles. The quantitative estimate of drug-likeness (QED) is 0.128. The Balaban J connectivity index is 0.000000140. The number of allylic oxidation sites excluding steroid dienone is 8. The van der Waals surface area contributed by atoms with E-state index in [1.807, 2.05) is 0 Å². The van der Waals surface area contributed by atoms with Crippen LogP contribution in [0.5, 0.6) is 0 Å². The lowest BCUT2D eigenvalue weighted by Crippen LogP contribution is -2.41. The molecule has 4 aliphatic carbocycles. The first-order valence-corrected chi connectivity index (χ1v) is 25.9. The molecule has 4 nitrogen and oxygen atoms in total. The first-order valence-electron chi connectivity index (χ1n) is 25.9. The van der Waals surface area contributed by atoms with Gasteiger partial charge >= 0.3 is 14.2 Å². The zero-order chi connectivity index (χ0) is 50.1. The molecule has 2 aliphatic heterocycles. The molecule has 8 aromatic carbocycles. The summed E-state index contributed by atoms with van der Waals surface area (Å²) in [6.45, 7) is 26.2. The van der Waals surface area contributed by atoms with Crippen LogP contribution in [0.15, 0.2) is 168 Å². The summed E-state index contributed by atoms with van der Waals surface area (Å²) in [5.74, 6) is 0. The van der Waals surface area contributed by atoms with Gasteiger partial charge in [-0.25, -0.2) is 0 Å². The van der Waals surface area contributed by atoms with Crippen LogP contribution in [0.1, 0.15) is 83.1 Å². The lowest BCUT2D eigenvalue weighted by Gasteiger charge is -2.32. The van der Waals surface area contributed by atoms with Gasteiger partial charge < -0.3 is 18.6 Å². The van der Waals surface area contributed by atoms with Crippen molar-refractivity contribution in [3.8, 4) is 0 Å². The predicted octanol–water partition coefficient (Wildman–Crippen LogP) is 13.2. The molecule has 0 atom stereocenters. The molecule has 0 N–H and O–H groups in total. The van der Waals surface area contributed by atoms with Gasteiger partial charge in [-0.15, -0.1) is 0 Å². The van der Waals surface area contributed by atoms with Crippen LogP contribution in [-0.2, 0) is 18.6 Å². The molecule has 6 aliphatic rings. The van der Waals surface area contributed by atoms with E-state index in [4.69, 9.17) is 18.6 Å². The summed E-state index contributed by atoms with van der Waals surface area (Å²) < 4.78 is 25.7. The standard InChI is InChI=1S/2C33H31BO2/c2*1-31(2)19-22(34-35-32(3,4)33(5,6)36-34)16-21-15-20-17-28-25-13-9-7-11-23(25)24-12-8-10-14-26(24)29(28)18-27(20)30(21)31/h2*7-19H,1-6H3. The number of hydrogen-bond acceptors (Lipinski definition) is 4. The maximum atomic E-state index is 6.42. The Morgan fingerprint density at radius 3 is 0.833 bits per heavy atom. The zero-order valence-electron chi connectivity index (χ0n) is 43.8. The van der Waals surface area contributed by atoms with Crippen LogP contribution in [-0.4, -0.2) is 36.6 Å². The van der Waals surface area contributed by atoms with Gasteiger partial charge in [0.05, 0.1) is 22.4 Å². The summed E-state index contributed by atoms with van der Waals surface area (Å²) in [7, 11) is -0.709. The molecule has 2 fully saturated rings. The Kier molecular flexibility index (Phi) is 9.59. The van der Waals surface area contributed by atoms with Gasteiger partial charge in [-0.2, -0.15) is 0 Å². The van der Waals surface area contributed by atoms with E-state index in [0.29, 0.717) is 0 Å². The van der Waals surface area contributed by atoms with E-state index in [9.17, 15) is 0 Å². The molecule has 0 unspecified atom stereocenters. The molecular weight excluding hydrogens is 878 g/mol. The van der Waals surface area contributed by atoms with Gasteiger partial charge in [0.1, 0.15) is 0 Å². The molecule has 6 heteroatoms. The lowest BCUT2D eigenvalue weighted by atomic mass is 9.66. The molecule has 0 spiro atoms. The third kappa shape index (κ3) is 6.68. The van der Waals surface area contributed by atoms with Crippen molar-refractivity contribution in [1.82, 2.24) is 0 Å². The fourth-order valence-electron chi connectivity index (χ4n) is 12.7. The Bertz CT molecular complexity index is 3870. The summed E-state index contributed by atoms with van der Waals surface area (Å²) >= 11 is 0. The molecule has 0 amide bonds. The highest BCUT2D eigenvalue weighted by Crippen LogP contribution is 2.48. The summed E-state index contributed by atoms with van der Waals surface area (Å²) in [5.41, 5.74) is 5.83. The number of rotatable bonds is 2. The minimum absolute atomic E-state index is 0.148. The third-order valence-corrected chi connectivity index (χ3v) is 17.6. The number of fused-ring (bicyclic) bond motifs is 16. The van der Waals surface area contributed by atoms with Crippen LogP contribution >= 0.6 is 0 Å². The SMILES string of the molecule is CC1(C)C=C(B2OC(C)(C)C(C)(C)O2)C=C2C=c3cc4c5ccccc5c5ccccc5c4cc3=C21.CC1(C)C=C(B2OC(C)(C)C(C)(C)O2)C=C2C=c3cc4c5ccccc5c5ccccc5c4cc3=C21. The average molecular weight is 941 g/mol. The van der Waals surface area contributed by atoms with Crippen LogP contribution in [0.4, 0.5) is 0 Å². The summed E-state index contributed by atoms with van der Waals surface area (Å²) in [6.07, 6.45) is 14.0. The van der Waals surface area contributed by atoms with Gasteiger partial charge in [-0.05, 0) is 211 Å². The molecule has 0 radical (unpaired) electrons. The fraction of sp³-hybridized carbons (Fsp3) is 0.273. The van der Waals surface area contributed by atoms with E-state index in [2.05, 4.69) is 241 Å². The van der Waals surface area contributed by atoms with Crippen LogP contribution in [0.3, 0.4) is 0 Å². The van der Waals surface area contributed by atoms with Crippen molar-refractivity contribution in [2.45, 2.75) is 105 Å². The second kappa shape index (κ2) is 15.2. The van der Waals surface area contributed by atoms with Crippen molar-refractivity contribution in [3.63, 3.8) is 0 Å². The summed E-state index contributed by atoms with van der Waals surface area (Å²) in [6, 6.07) is 44.9. The van der Waals surface area contributed by atoms with E-state index >= 15 is 0 Å². The predicted molar refractivity (Wildman–Crippen MR) is 304 cm³/mol. The molecule has 72 heavy (non-hydrogen) atoms. The van der Waals surface area contributed by atoms with Crippen molar-refractivity contribution in [2.75, 3.05) is 0 Å². The monoisotopic (exact) mass is 940 g/mol. The van der Waals surface area contributed by atoms with Crippen LogP contribution in [0, 0.1) is 10.8 Å². The second-order valence-electron chi connectivity index (χ2n) is 24.3. The second-order valence-corrected chi connectivity index (χ2v) is 24.3. The maximum Gasteiger partial charge on any atom is 0.494 e. The van der Waals surface area contributed by atoms with E-state index in [1.54, 1.807) is 0 Å². The topological polar surface area (TPSA) is 36.9 Å². The van der Waals surface area contributed by atoms with Gasteiger partial charge in [0, 0.05) is 10.8 Å². The Hall–Kier alpha value is -6.27. The van der Waals surface area contributed by atoms with Crippen LogP contribution in [0.2, 0.25) is 0 Å². The maximum absolute atomic E-state index is 6.42. The van der Waals surface area contributed by atoms with Crippen LogP contribution < -0.4 is 20.9 Å². The number of benzene rings is 8. The first-order chi connectivity index (χ1) is 34.1. The number of hydrogen-bond donors (Lipinski definition) is 0. The summed E-state index contributed by atoms with van der Waals surface area (Å²) in [4.78, 5) is 0. The Morgan fingerprint density at radius 1 is 0.306 bits per heavy atom. The Labute approximate surface area is 423 Å². The van der Waals surface area contributed by atoms with Gasteiger partial charge in [0.25, 0.3) is 0 Å². The van der Waals surface area contributed by atoms with Crippen molar-refractivity contribution < 1.29 is 18.6 Å². The summed E-state index contributed by atoms with van der Waals surface area (Å²) in [5, 5.41) is 21.0. The third-order valence-electron chi connectivity index (χ3n) is 17.6. The molecule has 2 saturated heterocycles. The first kappa shape index (κ1) is 45.6. The molecule has 2 heterocycles. The van der Waals surface area contributed by atoms with Gasteiger partial charge in [-0.3, -0.25) is 0 Å². The molecule has 8 aromatic rings. The van der Waals surface area contributed by atoms with Crippen molar-refractivity contribution in [1.29, 1.82) is 0 Å². The molecular formula is C66H62B2O4. The van der Waals surface area contributed by atoms with Crippen molar-refractivity contribution >= 4 is 102 Å². The minimum atomic E-state index is -0.354. The molecule has 14 rings (SSSR count). The molecule has 0 bridgehead atoms. The molecule has 356 valence electrons.